The molecule has 4 heteroatoms. The van der Waals surface area contributed by atoms with E-state index in [4.69, 9.17) is 4.42 Å². The van der Waals surface area contributed by atoms with Crippen LogP contribution in [0.2, 0.25) is 0 Å². The Morgan fingerprint density at radius 1 is 1.00 bits per heavy atom. The van der Waals surface area contributed by atoms with Gasteiger partial charge in [0, 0.05) is 11.1 Å². The minimum absolute atomic E-state index is 0.0986. The Balaban J connectivity index is 1.46. The van der Waals surface area contributed by atoms with Gasteiger partial charge in [-0.3, -0.25) is 0 Å². The lowest BCUT2D eigenvalue weighted by Crippen LogP contribution is -2.49. The van der Waals surface area contributed by atoms with Gasteiger partial charge in [0.15, 0.2) is 0 Å². The largest absolute Gasteiger partial charge is 0.440 e. The van der Waals surface area contributed by atoms with Gasteiger partial charge in [-0.2, -0.15) is 0 Å². The normalized spacial score (nSPS) is 15.4. The summed E-state index contributed by atoms with van der Waals surface area (Å²) in [5, 5.41) is 13.4. The number of aromatic nitrogens is 1. The molecule has 4 rings (SSSR count). The lowest BCUT2D eigenvalue weighted by Gasteiger charge is -2.27. The van der Waals surface area contributed by atoms with E-state index < -0.39 is 0 Å². The number of hydrogen-bond acceptors (Lipinski definition) is 4. The van der Waals surface area contributed by atoms with Crippen molar-refractivity contribution < 1.29 is 9.52 Å². The zero-order valence-electron chi connectivity index (χ0n) is 13.4. The Kier molecular flexibility index (Phi) is 3.92. The molecule has 1 aliphatic rings. The van der Waals surface area contributed by atoms with Crippen LogP contribution in [-0.4, -0.2) is 22.2 Å². The van der Waals surface area contributed by atoms with Crippen LogP contribution in [0.1, 0.15) is 16.9 Å². The van der Waals surface area contributed by atoms with Crippen LogP contribution in [0.3, 0.4) is 0 Å². The molecule has 2 aromatic carbocycles. The van der Waals surface area contributed by atoms with Crippen LogP contribution in [0.4, 0.5) is 0 Å². The number of rotatable bonds is 5. The monoisotopic (exact) mass is 320 g/mol. The van der Waals surface area contributed by atoms with E-state index in [0.29, 0.717) is 12.4 Å². The molecule has 0 aliphatic heterocycles. The number of oxazole rings is 1. The number of nitrogens with zero attached hydrogens (tertiary/aromatic N) is 1. The van der Waals surface area contributed by atoms with E-state index in [9.17, 15) is 5.11 Å². The van der Waals surface area contributed by atoms with Gasteiger partial charge in [0.1, 0.15) is 5.76 Å². The maximum absolute atomic E-state index is 9.94. The van der Waals surface area contributed by atoms with Gasteiger partial charge in [-0.1, -0.05) is 42.5 Å². The first-order valence-electron chi connectivity index (χ1n) is 8.21. The minimum atomic E-state index is -0.316. The van der Waals surface area contributed by atoms with Crippen molar-refractivity contribution in [3.05, 3.63) is 77.7 Å². The number of aliphatic hydroxyl groups is 1. The van der Waals surface area contributed by atoms with Crippen LogP contribution in [-0.2, 0) is 19.4 Å². The first-order valence-corrected chi connectivity index (χ1v) is 8.21. The summed E-state index contributed by atoms with van der Waals surface area (Å²) < 4.78 is 5.84. The van der Waals surface area contributed by atoms with E-state index in [0.717, 1.165) is 24.2 Å². The van der Waals surface area contributed by atoms with Gasteiger partial charge in [0.05, 0.1) is 19.3 Å². The molecule has 122 valence electrons. The molecule has 1 aliphatic carbocycles. The van der Waals surface area contributed by atoms with Crippen molar-refractivity contribution in [1.82, 2.24) is 10.3 Å². The van der Waals surface area contributed by atoms with Crippen molar-refractivity contribution in [2.45, 2.75) is 24.9 Å². The number of hydrogen-bond donors (Lipinski definition) is 2. The molecule has 24 heavy (non-hydrogen) atoms. The van der Waals surface area contributed by atoms with Crippen molar-refractivity contribution in [2.75, 3.05) is 6.61 Å². The summed E-state index contributed by atoms with van der Waals surface area (Å²) in [6, 6.07) is 18.2. The zero-order valence-corrected chi connectivity index (χ0v) is 13.4. The van der Waals surface area contributed by atoms with E-state index in [1.807, 2.05) is 30.3 Å². The van der Waals surface area contributed by atoms with E-state index in [2.05, 4.69) is 34.6 Å². The van der Waals surface area contributed by atoms with Crippen molar-refractivity contribution in [2.24, 2.45) is 0 Å². The lowest BCUT2D eigenvalue weighted by molar-refractivity contribution is 0.163. The third kappa shape index (κ3) is 2.86. The van der Waals surface area contributed by atoms with E-state index in [1.165, 1.54) is 11.1 Å². The molecule has 2 N–H and O–H groups in total. The molecule has 4 nitrogen and oxygen atoms in total. The summed E-state index contributed by atoms with van der Waals surface area (Å²) in [7, 11) is 0. The van der Waals surface area contributed by atoms with Gasteiger partial charge >= 0.3 is 0 Å². The van der Waals surface area contributed by atoms with Crippen molar-refractivity contribution >= 4 is 0 Å². The molecule has 0 saturated heterocycles. The second-order valence-corrected chi connectivity index (χ2v) is 6.41. The van der Waals surface area contributed by atoms with Gasteiger partial charge in [-0.15, -0.1) is 0 Å². The lowest BCUT2D eigenvalue weighted by atomic mass is 9.97. The van der Waals surface area contributed by atoms with Crippen molar-refractivity contribution in [1.29, 1.82) is 0 Å². The molecular weight excluding hydrogens is 300 g/mol. The molecule has 3 aromatic rings. The summed E-state index contributed by atoms with van der Waals surface area (Å²) in [5.74, 6) is 1.40. The molecular formula is C20H20N2O2. The second kappa shape index (κ2) is 6.23. The molecule has 0 unspecified atom stereocenters. The van der Waals surface area contributed by atoms with Crippen molar-refractivity contribution in [3.63, 3.8) is 0 Å². The molecule has 0 spiro atoms. The van der Waals surface area contributed by atoms with Crippen molar-refractivity contribution in [3.8, 4) is 11.5 Å². The average molecular weight is 320 g/mol. The number of benzene rings is 2. The topological polar surface area (TPSA) is 58.3 Å². The molecule has 0 radical (unpaired) electrons. The van der Waals surface area contributed by atoms with Gasteiger partial charge in [0.2, 0.25) is 5.89 Å². The Hall–Kier alpha value is -2.43. The summed E-state index contributed by atoms with van der Waals surface area (Å²) in [6.07, 6.45) is 3.42. The molecule has 1 aromatic heterocycles. The Morgan fingerprint density at radius 3 is 2.33 bits per heavy atom. The number of nitrogens with one attached hydrogen (secondary N) is 1. The molecule has 0 bridgehead atoms. The predicted octanol–water partition coefficient (Wildman–Crippen LogP) is 2.96. The first-order chi connectivity index (χ1) is 11.8. The fraction of sp³-hybridized carbons (Fsp3) is 0.250. The molecule has 0 saturated carbocycles. The van der Waals surface area contributed by atoms with Crippen LogP contribution >= 0.6 is 0 Å². The summed E-state index contributed by atoms with van der Waals surface area (Å²) in [6.45, 7) is 0.649. The van der Waals surface area contributed by atoms with Gasteiger partial charge in [-0.05, 0) is 36.1 Å². The van der Waals surface area contributed by atoms with Crippen LogP contribution < -0.4 is 5.32 Å². The maximum atomic E-state index is 9.94. The first kappa shape index (κ1) is 15.1. The second-order valence-electron chi connectivity index (χ2n) is 6.41. The quantitative estimate of drug-likeness (QED) is 0.759. The highest BCUT2D eigenvalue weighted by Gasteiger charge is 2.36. The standard InChI is InChI=1S/C20H20N2O2/c23-14-20(10-16-8-4-5-9-17(16)11-20)22-13-18-12-21-19(24-18)15-6-2-1-3-7-15/h1-9,12,22-23H,10-11,13-14H2. The van der Waals surface area contributed by atoms with Crippen LogP contribution in [0.25, 0.3) is 11.5 Å². The predicted molar refractivity (Wildman–Crippen MR) is 92.4 cm³/mol. The Bertz CT molecular complexity index is 801. The third-order valence-corrected chi connectivity index (χ3v) is 4.69. The molecule has 0 atom stereocenters. The van der Waals surface area contributed by atoms with Gasteiger partial charge < -0.3 is 14.8 Å². The fourth-order valence-electron chi connectivity index (χ4n) is 3.36. The SMILES string of the molecule is OCC1(NCc2cnc(-c3ccccc3)o2)Cc2ccccc2C1. The van der Waals surface area contributed by atoms with E-state index >= 15 is 0 Å². The minimum Gasteiger partial charge on any atom is -0.440 e. The average Bonchev–Trinajstić information content (AvgIpc) is 3.25. The van der Waals surface area contributed by atoms with Crippen LogP contribution in [0, 0.1) is 0 Å². The summed E-state index contributed by atoms with van der Waals surface area (Å²) >= 11 is 0. The van der Waals surface area contributed by atoms with Gasteiger partial charge in [0.25, 0.3) is 0 Å². The smallest absolute Gasteiger partial charge is 0.226 e. The molecule has 0 fully saturated rings. The number of fused-ring (bicyclic) bond motifs is 1. The zero-order chi connectivity index (χ0) is 16.4. The molecule has 0 amide bonds. The summed E-state index contributed by atoms with van der Waals surface area (Å²) in [5.41, 5.74) is 3.26. The summed E-state index contributed by atoms with van der Waals surface area (Å²) in [4.78, 5) is 4.35. The van der Waals surface area contributed by atoms with Crippen LogP contribution in [0.15, 0.2) is 65.2 Å². The molecule has 1 heterocycles. The highest BCUT2D eigenvalue weighted by molar-refractivity contribution is 5.52. The third-order valence-electron chi connectivity index (χ3n) is 4.69. The Morgan fingerprint density at radius 2 is 1.67 bits per heavy atom. The van der Waals surface area contributed by atoms with E-state index in [1.54, 1.807) is 6.20 Å². The van der Waals surface area contributed by atoms with Gasteiger partial charge in [-0.25, -0.2) is 4.98 Å². The number of aliphatic hydroxyl groups excluding tert-OH is 1. The Labute approximate surface area is 141 Å². The maximum Gasteiger partial charge on any atom is 0.226 e. The highest BCUT2D eigenvalue weighted by Crippen LogP contribution is 2.30. The fourth-order valence-corrected chi connectivity index (χ4v) is 3.36. The van der Waals surface area contributed by atoms with Crippen LogP contribution in [0.5, 0.6) is 0 Å². The highest BCUT2D eigenvalue weighted by atomic mass is 16.4. The van der Waals surface area contributed by atoms with E-state index in [-0.39, 0.29) is 12.1 Å².